The SMILES string of the molecule is CC(C)(C)OCC1CC2CC1C1C3CC(C21)C1C2CC(C4C5C=CC(C5)C24)C31. The van der Waals surface area contributed by atoms with Gasteiger partial charge in [-0.05, 0) is 142 Å². The van der Waals surface area contributed by atoms with E-state index in [1.54, 1.807) is 25.7 Å². The Morgan fingerprint density at radius 1 is 0.643 bits per heavy atom. The first-order valence-corrected chi connectivity index (χ1v) is 12.8. The fraction of sp³-hybridized carbons (Fsp3) is 0.926. The molecule has 0 aromatic heterocycles. The Kier molecular flexibility index (Phi) is 2.90. The fourth-order valence-corrected chi connectivity index (χ4v) is 12.2. The predicted molar refractivity (Wildman–Crippen MR) is 110 cm³/mol. The van der Waals surface area contributed by atoms with Gasteiger partial charge in [0.1, 0.15) is 0 Å². The topological polar surface area (TPSA) is 9.23 Å². The number of hydrogen-bond donors (Lipinski definition) is 0. The van der Waals surface area contributed by atoms with Crippen molar-refractivity contribution < 1.29 is 4.74 Å². The molecule has 8 aliphatic carbocycles. The lowest BCUT2D eigenvalue weighted by molar-refractivity contribution is -0.0643. The van der Waals surface area contributed by atoms with Crippen molar-refractivity contribution in [2.75, 3.05) is 6.61 Å². The molecule has 15 atom stereocenters. The molecule has 8 aliphatic rings. The molecule has 0 saturated heterocycles. The third kappa shape index (κ3) is 1.75. The van der Waals surface area contributed by atoms with E-state index in [0.717, 1.165) is 89.5 Å². The molecule has 0 radical (unpaired) electrons. The third-order valence-corrected chi connectivity index (χ3v) is 12.1. The molecule has 0 aromatic carbocycles. The Labute approximate surface area is 171 Å². The van der Waals surface area contributed by atoms with Crippen molar-refractivity contribution in [2.24, 2.45) is 88.8 Å². The summed E-state index contributed by atoms with van der Waals surface area (Å²) in [4.78, 5) is 0. The first-order chi connectivity index (χ1) is 13.5. The molecule has 7 fully saturated rings. The van der Waals surface area contributed by atoms with Gasteiger partial charge in [0.2, 0.25) is 0 Å². The third-order valence-electron chi connectivity index (χ3n) is 12.1. The summed E-state index contributed by atoms with van der Waals surface area (Å²) in [6.07, 6.45) is 13.2. The molecule has 0 aromatic rings. The molecule has 7 saturated carbocycles. The van der Waals surface area contributed by atoms with Crippen LogP contribution in [0.3, 0.4) is 0 Å². The van der Waals surface area contributed by atoms with Gasteiger partial charge in [0.15, 0.2) is 0 Å². The first-order valence-electron chi connectivity index (χ1n) is 12.8. The van der Waals surface area contributed by atoms with Gasteiger partial charge in [-0.25, -0.2) is 0 Å². The minimum atomic E-state index is 0.0376. The van der Waals surface area contributed by atoms with Crippen molar-refractivity contribution in [3.05, 3.63) is 12.2 Å². The van der Waals surface area contributed by atoms with Gasteiger partial charge >= 0.3 is 0 Å². The van der Waals surface area contributed by atoms with Crippen LogP contribution >= 0.6 is 0 Å². The summed E-state index contributed by atoms with van der Waals surface area (Å²) in [6.45, 7) is 7.76. The van der Waals surface area contributed by atoms with Crippen molar-refractivity contribution in [1.29, 1.82) is 0 Å². The summed E-state index contributed by atoms with van der Waals surface area (Å²) in [7, 11) is 0. The maximum absolute atomic E-state index is 6.31. The van der Waals surface area contributed by atoms with Gasteiger partial charge in [-0.3, -0.25) is 0 Å². The highest BCUT2D eigenvalue weighted by molar-refractivity contribution is 5.27. The minimum absolute atomic E-state index is 0.0376. The molecule has 0 heterocycles. The van der Waals surface area contributed by atoms with Crippen LogP contribution in [0.5, 0.6) is 0 Å². The van der Waals surface area contributed by atoms with Crippen LogP contribution < -0.4 is 0 Å². The summed E-state index contributed by atoms with van der Waals surface area (Å²) in [6, 6.07) is 0. The minimum Gasteiger partial charge on any atom is -0.376 e. The number of ether oxygens (including phenoxy) is 1. The van der Waals surface area contributed by atoms with E-state index in [1.807, 2.05) is 0 Å². The van der Waals surface area contributed by atoms with Crippen molar-refractivity contribution in [2.45, 2.75) is 58.5 Å². The van der Waals surface area contributed by atoms with Crippen LogP contribution in [-0.2, 0) is 4.74 Å². The quantitative estimate of drug-likeness (QED) is 0.445. The summed E-state index contributed by atoms with van der Waals surface area (Å²) < 4.78 is 6.31. The molecule has 1 nitrogen and oxygen atoms in total. The zero-order chi connectivity index (χ0) is 18.5. The Bertz CT molecular complexity index is 746. The van der Waals surface area contributed by atoms with Gasteiger partial charge < -0.3 is 4.74 Å². The fourth-order valence-electron chi connectivity index (χ4n) is 12.2. The number of hydrogen-bond acceptors (Lipinski definition) is 1. The smallest absolute Gasteiger partial charge is 0.0598 e. The zero-order valence-electron chi connectivity index (χ0n) is 18.0. The highest BCUT2D eigenvalue weighted by atomic mass is 16.5. The van der Waals surface area contributed by atoms with Crippen LogP contribution in [0.1, 0.15) is 52.9 Å². The van der Waals surface area contributed by atoms with Gasteiger partial charge in [-0.2, -0.15) is 0 Å². The largest absolute Gasteiger partial charge is 0.376 e. The van der Waals surface area contributed by atoms with Crippen molar-refractivity contribution >= 4 is 0 Å². The molecule has 0 amide bonds. The lowest BCUT2D eigenvalue weighted by Crippen LogP contribution is -2.47. The number of allylic oxidation sites excluding steroid dienone is 2. The molecule has 0 aliphatic heterocycles. The molecular formula is C27H38O. The molecule has 152 valence electrons. The average molecular weight is 379 g/mol. The van der Waals surface area contributed by atoms with Gasteiger partial charge in [-0.1, -0.05) is 12.2 Å². The Hall–Kier alpha value is -0.300. The maximum Gasteiger partial charge on any atom is 0.0598 e. The first kappa shape index (κ1) is 16.4. The van der Waals surface area contributed by atoms with Gasteiger partial charge in [0.05, 0.1) is 12.2 Å². The van der Waals surface area contributed by atoms with E-state index in [9.17, 15) is 0 Å². The van der Waals surface area contributed by atoms with Crippen LogP contribution in [0.15, 0.2) is 12.2 Å². The second-order valence-electron chi connectivity index (χ2n) is 13.6. The summed E-state index contributed by atoms with van der Waals surface area (Å²) in [5, 5.41) is 0. The van der Waals surface area contributed by atoms with Crippen LogP contribution in [0, 0.1) is 88.8 Å². The highest BCUT2D eigenvalue weighted by Crippen LogP contribution is 2.81. The van der Waals surface area contributed by atoms with E-state index in [2.05, 4.69) is 32.9 Å². The second kappa shape index (κ2) is 4.95. The zero-order valence-corrected chi connectivity index (χ0v) is 18.0. The summed E-state index contributed by atoms with van der Waals surface area (Å²) >= 11 is 0. The molecule has 0 spiro atoms. The van der Waals surface area contributed by atoms with Crippen LogP contribution in [0.2, 0.25) is 0 Å². The molecule has 0 N–H and O–H groups in total. The van der Waals surface area contributed by atoms with Gasteiger partial charge in [-0.15, -0.1) is 0 Å². The Morgan fingerprint density at radius 3 is 1.86 bits per heavy atom. The van der Waals surface area contributed by atoms with E-state index in [1.165, 1.54) is 12.3 Å². The van der Waals surface area contributed by atoms with Crippen LogP contribution in [-0.4, -0.2) is 12.2 Å². The molecule has 8 bridgehead atoms. The highest BCUT2D eigenvalue weighted by Gasteiger charge is 2.75. The van der Waals surface area contributed by atoms with Crippen LogP contribution in [0.25, 0.3) is 0 Å². The molecule has 8 rings (SSSR count). The lowest BCUT2D eigenvalue weighted by atomic mass is 9.54. The number of fused-ring (bicyclic) bond motifs is 23. The van der Waals surface area contributed by atoms with Crippen molar-refractivity contribution in [3.63, 3.8) is 0 Å². The monoisotopic (exact) mass is 378 g/mol. The van der Waals surface area contributed by atoms with Crippen molar-refractivity contribution in [3.8, 4) is 0 Å². The van der Waals surface area contributed by atoms with Gasteiger partial charge in [0, 0.05) is 0 Å². The predicted octanol–water partition coefficient (Wildman–Crippen LogP) is 5.66. The normalized spacial score (nSPS) is 66.2. The standard InChI is InChI=1S/C27H38O/c1-27(2,3)28-11-15-7-14-8-16(15)24-20-10-19(23(14)24)25-17-9-18(26(20)25)22-13-5-4-12(6-13)21(17)22/h4-5,12-26H,6-11H2,1-3H3. The number of rotatable bonds is 2. The maximum atomic E-state index is 6.31. The second-order valence-corrected chi connectivity index (χ2v) is 13.6. The summed E-state index contributed by atoms with van der Waals surface area (Å²) in [5.41, 5.74) is 0.0376. The van der Waals surface area contributed by atoms with E-state index in [4.69, 9.17) is 4.74 Å². The molecule has 1 heteroatoms. The van der Waals surface area contributed by atoms with E-state index in [-0.39, 0.29) is 5.60 Å². The Morgan fingerprint density at radius 2 is 1.21 bits per heavy atom. The molecular weight excluding hydrogens is 340 g/mol. The van der Waals surface area contributed by atoms with Gasteiger partial charge in [0.25, 0.3) is 0 Å². The lowest BCUT2D eigenvalue weighted by Gasteiger charge is -2.50. The summed E-state index contributed by atoms with van der Waals surface area (Å²) in [5.74, 6) is 16.4. The van der Waals surface area contributed by atoms with E-state index < -0.39 is 0 Å². The molecule has 28 heavy (non-hydrogen) atoms. The molecule has 15 unspecified atom stereocenters. The Balaban J connectivity index is 1.09. The van der Waals surface area contributed by atoms with Crippen molar-refractivity contribution in [1.82, 2.24) is 0 Å². The van der Waals surface area contributed by atoms with E-state index in [0.29, 0.717) is 0 Å². The van der Waals surface area contributed by atoms with Crippen LogP contribution in [0.4, 0.5) is 0 Å². The average Bonchev–Trinajstić information content (AvgIpc) is 3.47. The van der Waals surface area contributed by atoms with E-state index >= 15 is 0 Å².